The van der Waals surface area contributed by atoms with Gasteiger partial charge in [0.1, 0.15) is 4.08 Å². The molecule has 1 aliphatic heterocycles. The Morgan fingerprint density at radius 2 is 2.11 bits per heavy atom. The summed E-state index contributed by atoms with van der Waals surface area (Å²) in [5.74, 6) is 1.54. The third kappa shape index (κ3) is 2.79. The molecule has 2 rings (SSSR count). The lowest BCUT2D eigenvalue weighted by molar-refractivity contribution is -0.120. The fourth-order valence-corrected chi connectivity index (χ4v) is 6.31. The summed E-state index contributed by atoms with van der Waals surface area (Å²) >= 11 is 1.60. The van der Waals surface area contributed by atoms with E-state index < -0.39 is 14.9 Å². The average Bonchev–Trinajstić information content (AvgIpc) is 2.47. The van der Waals surface area contributed by atoms with E-state index in [-0.39, 0.29) is 11.7 Å². The van der Waals surface area contributed by atoms with Crippen LogP contribution in [0.3, 0.4) is 0 Å². The smallest absolute Gasteiger partial charge is 0.168 e. The summed E-state index contributed by atoms with van der Waals surface area (Å²) in [7, 11) is -1.05. The van der Waals surface area contributed by atoms with Crippen molar-refractivity contribution in [2.45, 2.75) is 36.7 Å². The first kappa shape index (κ1) is 14.8. The number of hydrogen-bond donors (Lipinski definition) is 0. The average molecular weight is 296 g/mol. The van der Waals surface area contributed by atoms with Crippen LogP contribution in [0.4, 0.5) is 0 Å². The van der Waals surface area contributed by atoms with Gasteiger partial charge in [-0.1, -0.05) is 44.2 Å². The lowest BCUT2D eigenvalue weighted by Gasteiger charge is -2.35. The molecular weight excluding hydrogens is 276 g/mol. The van der Waals surface area contributed by atoms with Crippen LogP contribution in [0.1, 0.15) is 38.2 Å². The third-order valence-electron chi connectivity index (χ3n) is 3.71. The first-order chi connectivity index (χ1) is 9.12. The second-order valence-corrected chi connectivity index (χ2v) is 8.30. The van der Waals surface area contributed by atoms with Crippen LogP contribution in [0.2, 0.25) is 0 Å². The van der Waals surface area contributed by atoms with Crippen molar-refractivity contribution in [2.75, 3.05) is 11.5 Å². The Morgan fingerprint density at radius 1 is 1.42 bits per heavy atom. The fourth-order valence-electron chi connectivity index (χ4n) is 2.50. The Bertz CT molecular complexity index is 472. The summed E-state index contributed by atoms with van der Waals surface area (Å²) in [6.45, 7) is 3.91. The summed E-state index contributed by atoms with van der Waals surface area (Å²) in [5.41, 5.74) is 1.02. The van der Waals surface area contributed by atoms with Crippen LogP contribution in [0, 0.1) is 0 Å². The van der Waals surface area contributed by atoms with Gasteiger partial charge in [-0.15, -0.1) is 11.8 Å². The van der Waals surface area contributed by atoms with Crippen molar-refractivity contribution >= 4 is 28.3 Å². The Hall–Kier alpha value is -0.610. The van der Waals surface area contributed by atoms with Gasteiger partial charge < -0.3 is 0 Å². The van der Waals surface area contributed by atoms with Gasteiger partial charge in [0.25, 0.3) is 0 Å². The quantitative estimate of drug-likeness (QED) is 0.854. The number of hydrogen-bond acceptors (Lipinski definition) is 3. The van der Waals surface area contributed by atoms with Crippen LogP contribution >= 0.6 is 11.8 Å². The molecule has 2 nitrogen and oxygen atoms in total. The van der Waals surface area contributed by atoms with Gasteiger partial charge in [0.2, 0.25) is 0 Å². The molecule has 19 heavy (non-hydrogen) atoms. The molecule has 1 fully saturated rings. The van der Waals surface area contributed by atoms with Crippen molar-refractivity contribution in [3.05, 3.63) is 35.9 Å². The van der Waals surface area contributed by atoms with Crippen molar-refractivity contribution in [3.8, 4) is 0 Å². The molecule has 1 heterocycles. The van der Waals surface area contributed by atoms with E-state index in [4.69, 9.17) is 0 Å². The van der Waals surface area contributed by atoms with Crippen LogP contribution in [-0.4, -0.2) is 25.6 Å². The van der Waals surface area contributed by atoms with E-state index in [9.17, 15) is 9.00 Å². The van der Waals surface area contributed by atoms with E-state index in [1.807, 2.05) is 44.2 Å². The lowest BCUT2D eigenvalue weighted by Crippen LogP contribution is -2.45. The highest BCUT2D eigenvalue weighted by atomic mass is 32.2. The molecule has 1 aromatic rings. The summed E-state index contributed by atoms with van der Waals surface area (Å²) in [5, 5.41) is 0. The van der Waals surface area contributed by atoms with Crippen molar-refractivity contribution in [3.63, 3.8) is 0 Å². The third-order valence-corrected chi connectivity index (χ3v) is 7.96. The summed E-state index contributed by atoms with van der Waals surface area (Å²) in [6, 6.07) is 9.79. The molecule has 0 bridgehead atoms. The molecule has 0 saturated carbocycles. The molecule has 0 spiro atoms. The number of ketones is 1. The number of carbonyl (C=O) groups excluding carboxylic acids is 1. The molecular formula is C15H20O2S2. The number of carbonyl (C=O) groups is 1. The molecule has 0 radical (unpaired) electrons. The predicted molar refractivity (Wildman–Crippen MR) is 83.0 cm³/mol. The molecule has 0 aliphatic carbocycles. The Balaban J connectivity index is 2.28. The minimum atomic E-state index is -1.05. The second-order valence-electron chi connectivity index (χ2n) is 4.85. The highest BCUT2D eigenvalue weighted by molar-refractivity contribution is 8.14. The molecule has 3 atom stereocenters. The highest BCUT2D eigenvalue weighted by Gasteiger charge is 2.46. The monoisotopic (exact) mass is 296 g/mol. The van der Waals surface area contributed by atoms with Crippen molar-refractivity contribution in [1.29, 1.82) is 0 Å². The van der Waals surface area contributed by atoms with E-state index in [0.29, 0.717) is 12.2 Å². The van der Waals surface area contributed by atoms with Crippen LogP contribution in [0.5, 0.6) is 0 Å². The number of rotatable bonds is 4. The van der Waals surface area contributed by atoms with E-state index in [2.05, 4.69) is 0 Å². The second kappa shape index (κ2) is 6.23. The van der Waals surface area contributed by atoms with Gasteiger partial charge in [-0.3, -0.25) is 9.00 Å². The topological polar surface area (TPSA) is 34.1 Å². The standard InChI is InChI=1S/C15H20O2S2/c1-3-15(18-10-7-11-19(15)17)14(16)12(2)13-8-5-4-6-9-13/h4-6,8-9,12H,3,7,10-11H2,1-2H3/t12-,15+,19+/m0/s1. The Labute approximate surface area is 121 Å². The number of thioether (sulfide) groups is 1. The van der Waals surface area contributed by atoms with Crippen LogP contribution < -0.4 is 0 Å². The number of Topliss-reactive ketones (excluding diaryl/α,β-unsaturated/α-hetero) is 1. The van der Waals surface area contributed by atoms with Crippen molar-refractivity contribution in [1.82, 2.24) is 0 Å². The largest absolute Gasteiger partial charge is 0.296 e. The normalized spacial score (nSPS) is 28.8. The predicted octanol–water partition coefficient (Wildman–Crippen LogP) is 3.35. The zero-order chi connectivity index (χ0) is 13.9. The minimum absolute atomic E-state index is 0.129. The van der Waals surface area contributed by atoms with Crippen LogP contribution in [-0.2, 0) is 15.6 Å². The Morgan fingerprint density at radius 3 is 2.68 bits per heavy atom. The molecule has 4 heteroatoms. The molecule has 1 aliphatic rings. The first-order valence-electron chi connectivity index (χ1n) is 6.73. The molecule has 104 valence electrons. The molecule has 0 aromatic heterocycles. The highest BCUT2D eigenvalue weighted by Crippen LogP contribution is 2.41. The minimum Gasteiger partial charge on any atom is -0.296 e. The van der Waals surface area contributed by atoms with Gasteiger partial charge in [-0.05, 0) is 24.2 Å². The van der Waals surface area contributed by atoms with E-state index in [0.717, 1.165) is 17.7 Å². The van der Waals surface area contributed by atoms with Crippen LogP contribution in [0.15, 0.2) is 30.3 Å². The molecule has 0 unspecified atom stereocenters. The zero-order valence-electron chi connectivity index (χ0n) is 11.4. The first-order valence-corrected chi connectivity index (χ1v) is 9.04. The van der Waals surface area contributed by atoms with Gasteiger partial charge >= 0.3 is 0 Å². The maximum Gasteiger partial charge on any atom is 0.168 e. The van der Waals surface area contributed by atoms with Gasteiger partial charge in [-0.25, -0.2) is 0 Å². The zero-order valence-corrected chi connectivity index (χ0v) is 13.1. The molecule has 0 N–H and O–H groups in total. The van der Waals surface area contributed by atoms with Gasteiger partial charge in [0.05, 0.1) is 0 Å². The SMILES string of the molecule is CC[C@@]1(C(=O)[C@@H](C)c2ccccc2)SCCC[S@]1=O. The molecule has 1 aromatic carbocycles. The Kier molecular flexibility index (Phi) is 4.85. The van der Waals surface area contributed by atoms with E-state index in [1.54, 1.807) is 11.8 Å². The van der Waals surface area contributed by atoms with E-state index >= 15 is 0 Å². The van der Waals surface area contributed by atoms with Gasteiger partial charge in [0.15, 0.2) is 5.78 Å². The van der Waals surface area contributed by atoms with E-state index in [1.165, 1.54) is 0 Å². The summed E-state index contributed by atoms with van der Waals surface area (Å²) in [6.07, 6.45) is 1.60. The molecule has 0 amide bonds. The maximum absolute atomic E-state index is 12.8. The maximum atomic E-state index is 12.8. The fraction of sp³-hybridized carbons (Fsp3) is 0.533. The summed E-state index contributed by atoms with van der Waals surface area (Å²) in [4.78, 5) is 12.8. The number of benzene rings is 1. The lowest BCUT2D eigenvalue weighted by atomic mass is 9.94. The van der Waals surface area contributed by atoms with Crippen molar-refractivity contribution < 1.29 is 9.00 Å². The molecule has 1 saturated heterocycles. The summed E-state index contributed by atoms with van der Waals surface area (Å²) < 4.78 is 11.7. The van der Waals surface area contributed by atoms with Crippen LogP contribution in [0.25, 0.3) is 0 Å². The van der Waals surface area contributed by atoms with Crippen molar-refractivity contribution in [2.24, 2.45) is 0 Å². The van der Waals surface area contributed by atoms with Gasteiger partial charge in [-0.2, -0.15) is 0 Å². The van der Waals surface area contributed by atoms with Gasteiger partial charge in [0, 0.05) is 22.5 Å².